The van der Waals surface area contributed by atoms with Gasteiger partial charge in [0.2, 0.25) is 0 Å². The molecule has 0 bridgehead atoms. The number of nitrogens with one attached hydrogen (secondary N) is 1. The van der Waals surface area contributed by atoms with E-state index in [1.807, 2.05) is 30.3 Å². The van der Waals surface area contributed by atoms with Gasteiger partial charge in [-0.2, -0.15) is 0 Å². The minimum Gasteiger partial charge on any atom is -0.483 e. The van der Waals surface area contributed by atoms with Gasteiger partial charge in [0.25, 0.3) is 11.8 Å². The summed E-state index contributed by atoms with van der Waals surface area (Å²) in [5.74, 6) is 0.773. The van der Waals surface area contributed by atoms with Gasteiger partial charge in [-0.3, -0.25) is 14.6 Å². The van der Waals surface area contributed by atoms with Crippen molar-refractivity contribution < 1.29 is 14.3 Å². The van der Waals surface area contributed by atoms with E-state index in [9.17, 15) is 9.59 Å². The smallest absolute Gasteiger partial charge is 0.269 e. The number of nitrogens with two attached hydrogens (primary N) is 1. The van der Waals surface area contributed by atoms with Gasteiger partial charge in [-0.05, 0) is 117 Å². The van der Waals surface area contributed by atoms with Gasteiger partial charge in [0.1, 0.15) is 11.4 Å². The number of pyridine rings is 1. The molecule has 216 valence electrons. The van der Waals surface area contributed by atoms with Crippen LogP contribution in [0.2, 0.25) is 5.02 Å². The maximum absolute atomic E-state index is 12.5. The zero-order valence-corrected chi connectivity index (χ0v) is 24.3. The van der Waals surface area contributed by atoms with E-state index in [-0.39, 0.29) is 12.5 Å². The molecule has 1 aromatic heterocycles. The van der Waals surface area contributed by atoms with Crippen LogP contribution in [-0.4, -0.2) is 54.5 Å². The summed E-state index contributed by atoms with van der Waals surface area (Å²) in [4.78, 5) is 30.9. The van der Waals surface area contributed by atoms with E-state index in [1.165, 1.54) is 23.1 Å². The Kier molecular flexibility index (Phi) is 9.91. The SMILES string of the molecule is NC(=O)COc1c(C2CCN(CCCCNC(=O)c3ccc(-c4ccc(Cl)cc4)cn3)CC2)ccc2c1CCCC2. The Bertz CT molecular complexity index is 1340. The van der Waals surface area contributed by atoms with E-state index in [0.717, 1.165) is 81.5 Å². The third-order valence-electron chi connectivity index (χ3n) is 8.26. The molecule has 1 aliphatic heterocycles. The molecule has 0 saturated carbocycles. The third kappa shape index (κ3) is 7.66. The van der Waals surface area contributed by atoms with Gasteiger partial charge in [-0.15, -0.1) is 0 Å². The number of aromatic nitrogens is 1. The maximum atomic E-state index is 12.5. The molecule has 0 unspecified atom stereocenters. The summed E-state index contributed by atoms with van der Waals surface area (Å²) in [6.45, 7) is 3.65. The number of nitrogens with zero attached hydrogens (tertiary/aromatic N) is 2. The number of carbonyl (C=O) groups excluding carboxylic acids is 2. The molecule has 1 fully saturated rings. The molecule has 0 radical (unpaired) electrons. The molecule has 0 spiro atoms. The van der Waals surface area contributed by atoms with Crippen LogP contribution in [-0.2, 0) is 17.6 Å². The Balaban J connectivity index is 1.04. The topological polar surface area (TPSA) is 97.5 Å². The number of carbonyl (C=O) groups is 2. The van der Waals surface area contributed by atoms with Crippen molar-refractivity contribution in [1.29, 1.82) is 0 Å². The fourth-order valence-electron chi connectivity index (χ4n) is 6.01. The molecule has 2 heterocycles. The number of amides is 2. The quantitative estimate of drug-likeness (QED) is 0.293. The highest BCUT2D eigenvalue weighted by Gasteiger charge is 2.26. The molecular formula is C33H39ClN4O3. The van der Waals surface area contributed by atoms with E-state index in [0.29, 0.717) is 23.2 Å². The number of halogens is 1. The van der Waals surface area contributed by atoms with Crippen LogP contribution in [0.4, 0.5) is 0 Å². The van der Waals surface area contributed by atoms with Gasteiger partial charge in [-0.25, -0.2) is 0 Å². The number of hydrogen-bond acceptors (Lipinski definition) is 5. The Morgan fingerprint density at radius 3 is 2.46 bits per heavy atom. The van der Waals surface area contributed by atoms with Crippen molar-refractivity contribution in [3.05, 3.63) is 82.1 Å². The molecule has 3 aromatic rings. The lowest BCUT2D eigenvalue weighted by atomic mass is 9.83. The largest absolute Gasteiger partial charge is 0.483 e. The van der Waals surface area contributed by atoms with E-state index < -0.39 is 5.91 Å². The standard InChI is InChI=1S/C33H39ClN4O3/c34-27-11-7-23(8-12-27)26-10-14-30(37-21-26)33(40)36-17-3-4-18-38-19-15-25(16-20-38)29-13-9-24-5-1-2-6-28(24)32(29)41-22-31(35)39/h7-14,21,25H,1-6,15-20,22H2,(H2,35,39)(H,36,40). The molecule has 8 heteroatoms. The maximum Gasteiger partial charge on any atom is 0.269 e. The van der Waals surface area contributed by atoms with E-state index in [1.54, 1.807) is 12.3 Å². The number of unbranched alkanes of at least 4 members (excludes halogenated alkanes) is 1. The molecule has 2 aromatic carbocycles. The number of rotatable bonds is 11. The second-order valence-corrected chi connectivity index (χ2v) is 11.5. The summed E-state index contributed by atoms with van der Waals surface area (Å²) in [6.07, 6.45) is 10.3. The summed E-state index contributed by atoms with van der Waals surface area (Å²) in [7, 11) is 0. The zero-order chi connectivity index (χ0) is 28.6. The van der Waals surface area contributed by atoms with Gasteiger partial charge in [0.05, 0.1) is 0 Å². The van der Waals surface area contributed by atoms with E-state index in [4.69, 9.17) is 22.1 Å². The van der Waals surface area contributed by atoms with Gasteiger partial charge >= 0.3 is 0 Å². The predicted octanol–water partition coefficient (Wildman–Crippen LogP) is 5.53. The van der Waals surface area contributed by atoms with Crippen molar-refractivity contribution in [1.82, 2.24) is 15.2 Å². The first-order valence-electron chi connectivity index (χ1n) is 14.8. The molecule has 3 N–H and O–H groups in total. The first-order chi connectivity index (χ1) is 20.0. The van der Waals surface area contributed by atoms with Crippen LogP contribution in [0, 0.1) is 0 Å². The average Bonchev–Trinajstić information content (AvgIpc) is 3.00. The van der Waals surface area contributed by atoms with Crippen molar-refractivity contribution in [2.45, 2.75) is 57.3 Å². The van der Waals surface area contributed by atoms with Crippen LogP contribution in [0.1, 0.15) is 71.6 Å². The van der Waals surface area contributed by atoms with Crippen LogP contribution >= 0.6 is 11.6 Å². The van der Waals surface area contributed by atoms with Crippen LogP contribution in [0.25, 0.3) is 11.1 Å². The molecule has 2 amide bonds. The lowest BCUT2D eigenvalue weighted by molar-refractivity contribution is -0.119. The monoisotopic (exact) mass is 574 g/mol. The predicted molar refractivity (Wildman–Crippen MR) is 162 cm³/mol. The highest BCUT2D eigenvalue weighted by atomic mass is 35.5. The van der Waals surface area contributed by atoms with Crippen molar-refractivity contribution in [3.8, 4) is 16.9 Å². The Hall–Kier alpha value is -3.42. The van der Waals surface area contributed by atoms with Crippen molar-refractivity contribution in [2.24, 2.45) is 5.73 Å². The van der Waals surface area contributed by atoms with E-state index in [2.05, 4.69) is 27.3 Å². The van der Waals surface area contributed by atoms with Gasteiger partial charge < -0.3 is 20.7 Å². The average molecular weight is 575 g/mol. The number of likely N-dealkylation sites (tertiary alicyclic amines) is 1. The fourth-order valence-corrected chi connectivity index (χ4v) is 6.14. The summed E-state index contributed by atoms with van der Waals surface area (Å²) in [6, 6.07) is 15.7. The Labute approximate surface area is 247 Å². The number of hydrogen-bond donors (Lipinski definition) is 2. The molecule has 41 heavy (non-hydrogen) atoms. The van der Waals surface area contributed by atoms with Gasteiger partial charge in [-0.1, -0.05) is 41.9 Å². The highest BCUT2D eigenvalue weighted by Crippen LogP contribution is 2.40. The lowest BCUT2D eigenvalue weighted by Crippen LogP contribution is -2.34. The molecule has 1 aliphatic carbocycles. The minimum atomic E-state index is -0.432. The Morgan fingerprint density at radius 1 is 0.976 bits per heavy atom. The van der Waals surface area contributed by atoms with Crippen LogP contribution in [0.5, 0.6) is 5.75 Å². The number of aryl methyl sites for hydroxylation is 1. The third-order valence-corrected chi connectivity index (χ3v) is 8.51. The number of ether oxygens (including phenoxy) is 1. The number of piperidine rings is 1. The summed E-state index contributed by atoms with van der Waals surface area (Å²) >= 11 is 5.96. The van der Waals surface area contributed by atoms with Crippen molar-refractivity contribution in [3.63, 3.8) is 0 Å². The van der Waals surface area contributed by atoms with Gasteiger partial charge in [0.15, 0.2) is 6.61 Å². The van der Waals surface area contributed by atoms with Crippen molar-refractivity contribution >= 4 is 23.4 Å². The van der Waals surface area contributed by atoms with Crippen LogP contribution in [0.3, 0.4) is 0 Å². The molecule has 0 atom stereocenters. The molecule has 1 saturated heterocycles. The summed E-state index contributed by atoms with van der Waals surface area (Å²) < 4.78 is 6.02. The summed E-state index contributed by atoms with van der Waals surface area (Å²) in [5.41, 5.74) is 11.7. The van der Waals surface area contributed by atoms with E-state index >= 15 is 0 Å². The normalized spacial score (nSPS) is 15.7. The zero-order valence-electron chi connectivity index (χ0n) is 23.5. The molecule has 7 nitrogen and oxygen atoms in total. The first kappa shape index (κ1) is 29.1. The van der Waals surface area contributed by atoms with Crippen molar-refractivity contribution in [2.75, 3.05) is 32.8 Å². The number of benzene rings is 2. The van der Waals surface area contributed by atoms with Crippen LogP contribution in [0.15, 0.2) is 54.7 Å². The lowest BCUT2D eigenvalue weighted by Gasteiger charge is -2.34. The second-order valence-electron chi connectivity index (χ2n) is 11.1. The number of primary amides is 1. The van der Waals surface area contributed by atoms with Crippen LogP contribution < -0.4 is 15.8 Å². The fraction of sp³-hybridized carbons (Fsp3) is 0.424. The molecule has 5 rings (SSSR count). The summed E-state index contributed by atoms with van der Waals surface area (Å²) in [5, 5.41) is 3.69. The molecular weight excluding hydrogens is 536 g/mol. The molecule has 2 aliphatic rings. The van der Waals surface area contributed by atoms with Gasteiger partial charge in [0, 0.05) is 23.3 Å². The number of fused-ring (bicyclic) bond motifs is 1. The Morgan fingerprint density at radius 2 is 1.73 bits per heavy atom. The first-order valence-corrected chi connectivity index (χ1v) is 15.1. The second kappa shape index (κ2) is 14.0. The minimum absolute atomic E-state index is 0.0659. The highest BCUT2D eigenvalue weighted by molar-refractivity contribution is 6.30.